The van der Waals surface area contributed by atoms with Crippen molar-refractivity contribution in [1.29, 1.82) is 0 Å². The second-order valence-electron chi connectivity index (χ2n) is 8.14. The van der Waals surface area contributed by atoms with Crippen molar-refractivity contribution in [2.45, 2.75) is 37.9 Å². The van der Waals surface area contributed by atoms with E-state index in [9.17, 15) is 0 Å². The summed E-state index contributed by atoms with van der Waals surface area (Å²) in [6.45, 7) is 0.937. The molecule has 1 saturated heterocycles. The number of hydrogen-bond acceptors (Lipinski definition) is 5. The van der Waals surface area contributed by atoms with E-state index >= 15 is 0 Å². The fraction of sp³-hybridized carbons (Fsp3) is 0.292. The van der Waals surface area contributed by atoms with Crippen molar-refractivity contribution in [2.75, 3.05) is 7.11 Å². The third-order valence-electron chi connectivity index (χ3n) is 6.52. The van der Waals surface area contributed by atoms with E-state index in [-0.39, 0.29) is 0 Å². The average Bonchev–Trinajstić information content (AvgIpc) is 3.34. The van der Waals surface area contributed by atoms with Crippen molar-refractivity contribution in [1.82, 2.24) is 24.5 Å². The summed E-state index contributed by atoms with van der Waals surface area (Å²) in [6.07, 6.45) is 9.26. The molecule has 1 aromatic carbocycles. The molecule has 0 saturated carbocycles. The second kappa shape index (κ2) is 6.92. The summed E-state index contributed by atoms with van der Waals surface area (Å²) in [7, 11) is 1.70. The molecule has 6 heteroatoms. The summed E-state index contributed by atoms with van der Waals surface area (Å²) in [5.41, 5.74) is 6.68. The summed E-state index contributed by atoms with van der Waals surface area (Å²) >= 11 is 0. The van der Waals surface area contributed by atoms with Crippen LogP contribution in [0.4, 0.5) is 0 Å². The van der Waals surface area contributed by atoms with Crippen LogP contribution >= 0.6 is 0 Å². The third-order valence-corrected chi connectivity index (χ3v) is 6.52. The van der Waals surface area contributed by atoms with Crippen LogP contribution in [0.1, 0.15) is 35.7 Å². The van der Waals surface area contributed by atoms with Crippen LogP contribution in [0, 0.1) is 0 Å². The molecular formula is C24H23N5O. The van der Waals surface area contributed by atoms with Crippen molar-refractivity contribution in [3.8, 4) is 17.0 Å². The smallest absolute Gasteiger partial charge is 0.155 e. The molecular weight excluding hydrogens is 374 g/mol. The van der Waals surface area contributed by atoms with Gasteiger partial charge in [0.25, 0.3) is 0 Å². The lowest BCUT2D eigenvalue weighted by Gasteiger charge is -2.36. The molecule has 0 N–H and O–H groups in total. The van der Waals surface area contributed by atoms with Crippen LogP contribution in [0.25, 0.3) is 16.9 Å². The molecule has 3 aromatic heterocycles. The Hall–Kier alpha value is -3.25. The lowest BCUT2D eigenvalue weighted by Crippen LogP contribution is -2.38. The predicted molar refractivity (Wildman–Crippen MR) is 114 cm³/mol. The highest BCUT2D eigenvalue weighted by atomic mass is 16.5. The van der Waals surface area contributed by atoms with Gasteiger partial charge in [-0.3, -0.25) is 9.88 Å². The van der Waals surface area contributed by atoms with Gasteiger partial charge in [-0.2, -0.15) is 5.10 Å². The fourth-order valence-corrected chi connectivity index (χ4v) is 5.12. The Bertz CT molecular complexity index is 1220. The molecule has 1 fully saturated rings. The van der Waals surface area contributed by atoms with Crippen LogP contribution < -0.4 is 4.74 Å². The number of rotatable bonds is 4. The maximum atomic E-state index is 5.54. The van der Waals surface area contributed by atoms with Crippen LogP contribution in [0.2, 0.25) is 0 Å². The highest BCUT2D eigenvalue weighted by molar-refractivity contribution is 5.70. The molecule has 0 aliphatic carbocycles. The maximum absolute atomic E-state index is 5.54. The lowest BCUT2D eigenvalue weighted by atomic mass is 9.98. The van der Waals surface area contributed by atoms with Gasteiger partial charge in [0.05, 0.1) is 18.5 Å². The predicted octanol–water partition coefficient (Wildman–Crippen LogP) is 4.06. The Morgan fingerprint density at radius 3 is 2.90 bits per heavy atom. The van der Waals surface area contributed by atoms with Gasteiger partial charge in [0, 0.05) is 60.8 Å². The van der Waals surface area contributed by atoms with Crippen molar-refractivity contribution >= 4 is 5.65 Å². The average molecular weight is 397 g/mol. The van der Waals surface area contributed by atoms with Gasteiger partial charge >= 0.3 is 0 Å². The van der Waals surface area contributed by atoms with Gasteiger partial charge in [-0.15, -0.1) is 0 Å². The quantitative estimate of drug-likeness (QED) is 0.520. The zero-order valence-corrected chi connectivity index (χ0v) is 16.9. The lowest BCUT2D eigenvalue weighted by molar-refractivity contribution is 0.165. The SMILES string of the molecule is COc1ccccc1-c1cc2ncc3c(n2n1)C[C@H]1CC[C@H]3N1Cc1cccnc1. The van der Waals surface area contributed by atoms with E-state index < -0.39 is 0 Å². The van der Waals surface area contributed by atoms with E-state index in [0.717, 1.165) is 35.6 Å². The number of fused-ring (bicyclic) bond motifs is 6. The first-order valence-corrected chi connectivity index (χ1v) is 10.5. The molecule has 0 unspecified atom stereocenters. The number of nitrogens with zero attached hydrogens (tertiary/aromatic N) is 5. The molecule has 6 nitrogen and oxygen atoms in total. The summed E-state index contributed by atoms with van der Waals surface area (Å²) in [5, 5.41) is 4.96. The van der Waals surface area contributed by atoms with Gasteiger partial charge in [0.2, 0.25) is 0 Å². The Balaban J connectivity index is 1.40. The van der Waals surface area contributed by atoms with E-state index in [1.54, 1.807) is 7.11 Å². The number of methoxy groups -OCH3 is 1. The first kappa shape index (κ1) is 17.6. The van der Waals surface area contributed by atoms with E-state index in [1.165, 1.54) is 29.7 Å². The normalized spacial score (nSPS) is 20.4. The van der Waals surface area contributed by atoms with E-state index in [4.69, 9.17) is 14.8 Å². The van der Waals surface area contributed by atoms with Crippen LogP contribution in [-0.2, 0) is 13.0 Å². The number of ether oxygens (including phenoxy) is 1. The molecule has 150 valence electrons. The summed E-state index contributed by atoms with van der Waals surface area (Å²) in [5.74, 6) is 0.831. The molecule has 2 aliphatic heterocycles. The number of aromatic nitrogens is 4. The minimum atomic E-state index is 0.398. The van der Waals surface area contributed by atoms with E-state index in [0.29, 0.717) is 12.1 Å². The molecule has 0 spiro atoms. The monoisotopic (exact) mass is 397 g/mol. The van der Waals surface area contributed by atoms with Gasteiger partial charge < -0.3 is 4.74 Å². The molecule has 2 bridgehead atoms. The first-order chi connectivity index (χ1) is 14.8. The van der Waals surface area contributed by atoms with Crippen LogP contribution in [0.15, 0.2) is 61.1 Å². The minimum absolute atomic E-state index is 0.398. The van der Waals surface area contributed by atoms with Gasteiger partial charge in [0.15, 0.2) is 5.65 Å². The number of hydrogen-bond donors (Lipinski definition) is 0. The number of pyridine rings is 1. The van der Waals surface area contributed by atoms with Crippen LogP contribution in [-0.4, -0.2) is 37.6 Å². The highest BCUT2D eigenvalue weighted by Crippen LogP contribution is 2.44. The molecule has 30 heavy (non-hydrogen) atoms. The molecule has 5 heterocycles. The largest absolute Gasteiger partial charge is 0.496 e. The second-order valence-corrected chi connectivity index (χ2v) is 8.14. The summed E-state index contributed by atoms with van der Waals surface area (Å²) in [6, 6.07) is 15.2. The Morgan fingerprint density at radius 2 is 2.03 bits per heavy atom. The Morgan fingerprint density at radius 1 is 1.10 bits per heavy atom. The number of para-hydroxylation sites is 1. The van der Waals surface area contributed by atoms with Crippen molar-refractivity contribution in [3.63, 3.8) is 0 Å². The van der Waals surface area contributed by atoms with Gasteiger partial charge in [-0.05, 0) is 36.6 Å². The Labute approximate surface area is 175 Å². The van der Waals surface area contributed by atoms with Crippen molar-refractivity contribution < 1.29 is 4.74 Å². The summed E-state index contributed by atoms with van der Waals surface area (Å²) in [4.78, 5) is 11.7. The van der Waals surface area contributed by atoms with Gasteiger partial charge in [0.1, 0.15) is 5.75 Å². The van der Waals surface area contributed by atoms with E-state index in [1.807, 2.05) is 42.7 Å². The standard InChI is InChI=1S/C24H23N5O/c1-30-23-7-3-2-6-18(23)20-12-24-26-14-19-21-9-8-17(11-22(19)29(24)27-20)28(21)15-16-5-4-10-25-13-16/h2-7,10,12-14,17,21H,8-9,11,15H2,1H3/t17-,21-/m1/s1. The topological polar surface area (TPSA) is 55.6 Å². The Kier molecular flexibility index (Phi) is 4.06. The third kappa shape index (κ3) is 2.71. The highest BCUT2D eigenvalue weighted by Gasteiger charge is 2.41. The van der Waals surface area contributed by atoms with Crippen molar-refractivity contribution in [2.24, 2.45) is 0 Å². The first-order valence-electron chi connectivity index (χ1n) is 10.5. The minimum Gasteiger partial charge on any atom is -0.496 e. The number of benzene rings is 1. The van der Waals surface area contributed by atoms with Crippen molar-refractivity contribution in [3.05, 3.63) is 77.9 Å². The molecule has 6 rings (SSSR count). The molecule has 2 atom stereocenters. The molecule has 0 amide bonds. The van der Waals surface area contributed by atoms with Gasteiger partial charge in [-0.25, -0.2) is 9.50 Å². The fourth-order valence-electron chi connectivity index (χ4n) is 5.12. The van der Waals surface area contributed by atoms with E-state index in [2.05, 4.69) is 32.7 Å². The van der Waals surface area contributed by atoms with Crippen LogP contribution in [0.5, 0.6) is 5.75 Å². The maximum Gasteiger partial charge on any atom is 0.155 e. The zero-order valence-electron chi connectivity index (χ0n) is 16.9. The zero-order chi connectivity index (χ0) is 20.1. The van der Waals surface area contributed by atoms with Gasteiger partial charge in [-0.1, -0.05) is 18.2 Å². The molecule has 0 radical (unpaired) electrons. The van der Waals surface area contributed by atoms with Crippen LogP contribution in [0.3, 0.4) is 0 Å². The molecule has 4 aromatic rings. The summed E-state index contributed by atoms with van der Waals surface area (Å²) < 4.78 is 7.60. The molecule has 2 aliphatic rings.